The van der Waals surface area contributed by atoms with Crippen LogP contribution < -0.4 is 0 Å². The van der Waals surface area contributed by atoms with E-state index in [0.29, 0.717) is 5.41 Å². The second-order valence-corrected chi connectivity index (χ2v) is 4.29. The highest BCUT2D eigenvalue weighted by atomic mass is 16.5. The Labute approximate surface area is 82.3 Å². The third-order valence-electron chi connectivity index (χ3n) is 2.93. The van der Waals surface area contributed by atoms with Gasteiger partial charge in [0.05, 0.1) is 6.10 Å². The van der Waals surface area contributed by atoms with Crippen LogP contribution in [0.2, 0.25) is 0 Å². The molecule has 0 rings (SSSR count). The van der Waals surface area contributed by atoms with Gasteiger partial charge in [0, 0.05) is 13.7 Å². The van der Waals surface area contributed by atoms with Gasteiger partial charge < -0.3 is 9.84 Å². The Morgan fingerprint density at radius 2 is 2.00 bits per heavy atom. The number of ether oxygens (including phenoxy) is 1. The second-order valence-electron chi connectivity index (χ2n) is 4.29. The van der Waals surface area contributed by atoms with Gasteiger partial charge in [0.2, 0.25) is 0 Å². The molecule has 0 fully saturated rings. The summed E-state index contributed by atoms with van der Waals surface area (Å²) >= 11 is 0. The maximum absolute atomic E-state index is 9.21. The lowest BCUT2D eigenvalue weighted by Crippen LogP contribution is -2.19. The van der Waals surface area contributed by atoms with Gasteiger partial charge in [-0.15, -0.1) is 0 Å². The van der Waals surface area contributed by atoms with Crippen LogP contribution in [0.4, 0.5) is 0 Å². The van der Waals surface area contributed by atoms with Crippen molar-refractivity contribution in [1.29, 1.82) is 0 Å². The number of methoxy groups -OCH3 is 1. The van der Waals surface area contributed by atoms with E-state index in [2.05, 4.69) is 13.8 Å². The van der Waals surface area contributed by atoms with E-state index in [1.807, 2.05) is 6.92 Å². The monoisotopic (exact) mass is 188 g/mol. The fourth-order valence-corrected chi connectivity index (χ4v) is 1.38. The smallest absolute Gasteiger partial charge is 0.0512 e. The van der Waals surface area contributed by atoms with E-state index in [1.165, 1.54) is 0 Å². The number of aliphatic hydroxyl groups excluding tert-OH is 1. The summed E-state index contributed by atoms with van der Waals surface area (Å²) in [4.78, 5) is 0. The Hall–Kier alpha value is -0.0800. The highest BCUT2D eigenvalue weighted by Gasteiger charge is 2.21. The van der Waals surface area contributed by atoms with Crippen LogP contribution in [-0.2, 0) is 4.74 Å². The molecule has 0 radical (unpaired) electrons. The molecule has 2 unspecified atom stereocenters. The predicted molar refractivity (Wildman–Crippen MR) is 55.8 cm³/mol. The Kier molecular flexibility index (Phi) is 6.35. The van der Waals surface area contributed by atoms with Gasteiger partial charge in [-0.2, -0.15) is 0 Å². The van der Waals surface area contributed by atoms with E-state index in [4.69, 9.17) is 4.74 Å². The predicted octanol–water partition coefficient (Wildman–Crippen LogP) is 2.60. The number of rotatable bonds is 7. The van der Waals surface area contributed by atoms with Crippen LogP contribution in [0, 0.1) is 5.41 Å². The molecule has 80 valence electrons. The largest absolute Gasteiger partial charge is 0.393 e. The van der Waals surface area contributed by atoms with Crippen LogP contribution in [0.15, 0.2) is 0 Å². The van der Waals surface area contributed by atoms with E-state index in [-0.39, 0.29) is 6.10 Å². The molecule has 0 bridgehead atoms. The average molecular weight is 188 g/mol. The summed E-state index contributed by atoms with van der Waals surface area (Å²) < 4.78 is 5.08. The van der Waals surface area contributed by atoms with Crippen LogP contribution in [0.5, 0.6) is 0 Å². The molecule has 0 aromatic carbocycles. The lowest BCUT2D eigenvalue weighted by molar-refractivity contribution is 0.112. The molecule has 2 nitrogen and oxygen atoms in total. The highest BCUT2D eigenvalue weighted by molar-refractivity contribution is 4.73. The van der Waals surface area contributed by atoms with Crippen molar-refractivity contribution in [2.24, 2.45) is 5.41 Å². The van der Waals surface area contributed by atoms with Gasteiger partial charge in [0.1, 0.15) is 0 Å². The molecular formula is C11H24O2. The standard InChI is InChI=1S/C11H24O2/c1-5-11(3,8-9-13-4)7-6-10(2)12/h10,12H,5-9H2,1-4H3. The Morgan fingerprint density at radius 1 is 1.38 bits per heavy atom. The van der Waals surface area contributed by atoms with Crippen molar-refractivity contribution in [3.63, 3.8) is 0 Å². The third-order valence-corrected chi connectivity index (χ3v) is 2.93. The van der Waals surface area contributed by atoms with E-state index in [0.717, 1.165) is 32.3 Å². The molecule has 0 aromatic rings. The van der Waals surface area contributed by atoms with Gasteiger partial charge >= 0.3 is 0 Å². The summed E-state index contributed by atoms with van der Waals surface area (Å²) in [5.41, 5.74) is 0.340. The minimum Gasteiger partial charge on any atom is -0.393 e. The summed E-state index contributed by atoms with van der Waals surface area (Å²) in [6.45, 7) is 7.16. The van der Waals surface area contributed by atoms with Crippen molar-refractivity contribution in [3.8, 4) is 0 Å². The zero-order chi connectivity index (χ0) is 10.3. The van der Waals surface area contributed by atoms with Crippen molar-refractivity contribution in [2.45, 2.75) is 52.6 Å². The second kappa shape index (κ2) is 6.39. The van der Waals surface area contributed by atoms with E-state index in [1.54, 1.807) is 7.11 Å². The summed E-state index contributed by atoms with van der Waals surface area (Å²) in [7, 11) is 1.74. The quantitative estimate of drug-likeness (QED) is 0.665. The SMILES string of the molecule is CCC(C)(CCOC)CCC(C)O. The van der Waals surface area contributed by atoms with Crippen molar-refractivity contribution in [3.05, 3.63) is 0 Å². The van der Waals surface area contributed by atoms with Crippen LogP contribution in [0.1, 0.15) is 46.5 Å². The first-order valence-electron chi connectivity index (χ1n) is 5.21. The molecule has 0 aliphatic heterocycles. The first-order chi connectivity index (χ1) is 6.04. The molecule has 0 saturated carbocycles. The number of hydrogen-bond donors (Lipinski definition) is 1. The van der Waals surface area contributed by atoms with E-state index < -0.39 is 0 Å². The van der Waals surface area contributed by atoms with Crippen LogP contribution in [0.25, 0.3) is 0 Å². The summed E-state index contributed by atoms with van der Waals surface area (Å²) in [6, 6.07) is 0. The first kappa shape index (κ1) is 12.9. The summed E-state index contributed by atoms with van der Waals surface area (Å²) in [5, 5.41) is 9.21. The van der Waals surface area contributed by atoms with E-state index in [9.17, 15) is 5.11 Å². The molecule has 0 spiro atoms. The topological polar surface area (TPSA) is 29.5 Å². The van der Waals surface area contributed by atoms with Crippen molar-refractivity contribution in [2.75, 3.05) is 13.7 Å². The first-order valence-corrected chi connectivity index (χ1v) is 5.21. The van der Waals surface area contributed by atoms with Gasteiger partial charge in [0.25, 0.3) is 0 Å². The maximum Gasteiger partial charge on any atom is 0.0512 e. The fourth-order valence-electron chi connectivity index (χ4n) is 1.38. The molecule has 0 aliphatic carbocycles. The zero-order valence-corrected chi connectivity index (χ0v) is 9.47. The summed E-state index contributed by atoms with van der Waals surface area (Å²) in [5.74, 6) is 0. The molecule has 0 heterocycles. The molecule has 0 amide bonds. The maximum atomic E-state index is 9.21. The molecule has 0 aromatic heterocycles. The Bertz CT molecular complexity index is 123. The molecule has 2 atom stereocenters. The minimum absolute atomic E-state index is 0.173. The summed E-state index contributed by atoms with van der Waals surface area (Å²) in [6.07, 6.45) is 4.06. The lowest BCUT2D eigenvalue weighted by atomic mass is 9.79. The van der Waals surface area contributed by atoms with Crippen molar-refractivity contribution < 1.29 is 9.84 Å². The molecule has 0 saturated heterocycles. The third kappa shape index (κ3) is 6.05. The van der Waals surface area contributed by atoms with Crippen LogP contribution in [-0.4, -0.2) is 24.9 Å². The van der Waals surface area contributed by atoms with Gasteiger partial charge in [-0.05, 0) is 31.6 Å². The van der Waals surface area contributed by atoms with Crippen LogP contribution >= 0.6 is 0 Å². The average Bonchev–Trinajstić information content (AvgIpc) is 2.11. The Morgan fingerprint density at radius 3 is 2.38 bits per heavy atom. The molecular weight excluding hydrogens is 164 g/mol. The van der Waals surface area contributed by atoms with Gasteiger partial charge in [-0.25, -0.2) is 0 Å². The normalized spacial score (nSPS) is 18.2. The molecule has 0 aliphatic rings. The number of aliphatic hydroxyl groups is 1. The zero-order valence-electron chi connectivity index (χ0n) is 9.47. The van der Waals surface area contributed by atoms with E-state index >= 15 is 0 Å². The van der Waals surface area contributed by atoms with Gasteiger partial charge in [-0.3, -0.25) is 0 Å². The van der Waals surface area contributed by atoms with Gasteiger partial charge in [0.15, 0.2) is 0 Å². The number of hydrogen-bond acceptors (Lipinski definition) is 2. The highest BCUT2D eigenvalue weighted by Crippen LogP contribution is 2.31. The van der Waals surface area contributed by atoms with Crippen molar-refractivity contribution in [1.82, 2.24) is 0 Å². The minimum atomic E-state index is -0.173. The molecule has 2 heteroatoms. The van der Waals surface area contributed by atoms with Crippen molar-refractivity contribution >= 4 is 0 Å². The Balaban J connectivity index is 3.81. The molecule has 1 N–H and O–H groups in total. The molecule has 13 heavy (non-hydrogen) atoms. The van der Waals surface area contributed by atoms with Gasteiger partial charge in [-0.1, -0.05) is 20.3 Å². The lowest BCUT2D eigenvalue weighted by Gasteiger charge is -2.28. The van der Waals surface area contributed by atoms with Crippen LogP contribution in [0.3, 0.4) is 0 Å². The fraction of sp³-hybridized carbons (Fsp3) is 1.00.